The molecule has 194 valence electrons. The zero-order valence-electron chi connectivity index (χ0n) is 21.4. The van der Waals surface area contributed by atoms with Crippen molar-refractivity contribution in [2.24, 2.45) is 0 Å². The van der Waals surface area contributed by atoms with Gasteiger partial charge in [-0.2, -0.15) is 0 Å². The molecule has 3 aromatic rings. The van der Waals surface area contributed by atoms with E-state index in [2.05, 4.69) is 5.32 Å². The number of nitrogens with one attached hydrogen (secondary N) is 1. The molecule has 1 fully saturated rings. The standard InChI is InChI=1S/C31H35FN2O3/c1-23-10-8-9-13-25(23)21-34(30(35)22-37-28-18-16-26(32)17-19-28)29(20-24-11-4-2-5-12-24)31(36)33-27-14-6-3-7-15-27/h2,4-5,8-13,16-19,27,29H,3,6-7,14-15,20-22H2,1H3,(H,33,36). The third-order valence-electron chi connectivity index (χ3n) is 7.00. The van der Waals surface area contributed by atoms with E-state index in [0.717, 1.165) is 42.4 Å². The molecule has 0 aromatic heterocycles. The van der Waals surface area contributed by atoms with Crippen molar-refractivity contribution in [3.8, 4) is 5.75 Å². The van der Waals surface area contributed by atoms with Crippen LogP contribution in [0.4, 0.5) is 4.39 Å². The SMILES string of the molecule is Cc1ccccc1CN(C(=O)COc1ccc(F)cc1)C(Cc1ccccc1)C(=O)NC1CCCCC1. The second kappa shape index (κ2) is 13.0. The predicted octanol–water partition coefficient (Wildman–Crippen LogP) is 5.60. The highest BCUT2D eigenvalue weighted by molar-refractivity contribution is 5.88. The van der Waals surface area contributed by atoms with E-state index in [1.807, 2.05) is 61.5 Å². The Bertz CT molecular complexity index is 1160. The van der Waals surface area contributed by atoms with E-state index < -0.39 is 6.04 Å². The van der Waals surface area contributed by atoms with Crippen molar-refractivity contribution in [2.75, 3.05) is 6.61 Å². The summed E-state index contributed by atoms with van der Waals surface area (Å²) in [5.74, 6) is -0.411. The Kier molecular flexibility index (Phi) is 9.30. The van der Waals surface area contributed by atoms with Gasteiger partial charge in [-0.05, 0) is 60.7 Å². The molecular weight excluding hydrogens is 467 g/mol. The number of hydrogen-bond donors (Lipinski definition) is 1. The first kappa shape index (κ1) is 26.4. The number of halogens is 1. The highest BCUT2D eigenvalue weighted by atomic mass is 19.1. The van der Waals surface area contributed by atoms with Crippen LogP contribution in [-0.4, -0.2) is 35.4 Å². The second-order valence-corrected chi connectivity index (χ2v) is 9.74. The van der Waals surface area contributed by atoms with Gasteiger partial charge in [-0.25, -0.2) is 4.39 Å². The van der Waals surface area contributed by atoms with Crippen LogP contribution in [0.5, 0.6) is 5.75 Å². The average Bonchev–Trinajstić information content (AvgIpc) is 2.92. The minimum atomic E-state index is -0.701. The molecule has 0 radical (unpaired) electrons. The molecule has 1 saturated carbocycles. The fourth-order valence-corrected chi connectivity index (χ4v) is 4.83. The summed E-state index contributed by atoms with van der Waals surface area (Å²) in [6, 6.07) is 22.7. The summed E-state index contributed by atoms with van der Waals surface area (Å²) in [4.78, 5) is 29.1. The number of ether oxygens (including phenoxy) is 1. The van der Waals surface area contributed by atoms with Gasteiger partial charge in [-0.1, -0.05) is 73.9 Å². The molecule has 2 amide bonds. The molecular formula is C31H35FN2O3. The third-order valence-corrected chi connectivity index (χ3v) is 7.00. The molecule has 3 aromatic carbocycles. The van der Waals surface area contributed by atoms with Gasteiger partial charge >= 0.3 is 0 Å². The van der Waals surface area contributed by atoms with Gasteiger partial charge in [-0.3, -0.25) is 9.59 Å². The number of aryl methyl sites for hydroxylation is 1. The average molecular weight is 503 g/mol. The smallest absolute Gasteiger partial charge is 0.261 e. The number of rotatable bonds is 10. The van der Waals surface area contributed by atoms with Crippen molar-refractivity contribution < 1.29 is 18.7 Å². The number of hydrogen-bond acceptors (Lipinski definition) is 3. The molecule has 1 N–H and O–H groups in total. The van der Waals surface area contributed by atoms with Gasteiger partial charge < -0.3 is 15.0 Å². The zero-order chi connectivity index (χ0) is 26.0. The van der Waals surface area contributed by atoms with Gasteiger partial charge in [0.2, 0.25) is 5.91 Å². The second-order valence-electron chi connectivity index (χ2n) is 9.74. The van der Waals surface area contributed by atoms with Crippen LogP contribution in [0.15, 0.2) is 78.9 Å². The monoisotopic (exact) mass is 502 g/mol. The van der Waals surface area contributed by atoms with Crippen molar-refractivity contribution in [2.45, 2.75) is 64.1 Å². The van der Waals surface area contributed by atoms with Gasteiger partial charge in [0.25, 0.3) is 5.91 Å². The fourth-order valence-electron chi connectivity index (χ4n) is 4.83. The lowest BCUT2D eigenvalue weighted by Crippen LogP contribution is -2.53. The lowest BCUT2D eigenvalue weighted by molar-refractivity contribution is -0.143. The number of amides is 2. The lowest BCUT2D eigenvalue weighted by Gasteiger charge is -2.33. The molecule has 0 heterocycles. The lowest BCUT2D eigenvalue weighted by atomic mass is 9.94. The summed E-state index contributed by atoms with van der Waals surface area (Å²) < 4.78 is 19.0. The van der Waals surface area contributed by atoms with Gasteiger partial charge in [-0.15, -0.1) is 0 Å². The van der Waals surface area contributed by atoms with Crippen molar-refractivity contribution in [1.29, 1.82) is 0 Å². The number of carbonyl (C=O) groups is 2. The van der Waals surface area contributed by atoms with E-state index in [9.17, 15) is 14.0 Å². The molecule has 0 aliphatic heterocycles. The van der Waals surface area contributed by atoms with E-state index in [1.54, 1.807) is 4.90 Å². The Morgan fingerprint density at radius 3 is 2.32 bits per heavy atom. The van der Waals surface area contributed by atoms with Gasteiger partial charge in [0, 0.05) is 19.0 Å². The van der Waals surface area contributed by atoms with Crippen LogP contribution in [0.2, 0.25) is 0 Å². The maximum Gasteiger partial charge on any atom is 0.261 e. The van der Waals surface area contributed by atoms with Crippen molar-refractivity contribution in [3.63, 3.8) is 0 Å². The highest BCUT2D eigenvalue weighted by Gasteiger charge is 2.32. The summed E-state index contributed by atoms with van der Waals surface area (Å²) >= 11 is 0. The van der Waals surface area contributed by atoms with E-state index >= 15 is 0 Å². The van der Waals surface area contributed by atoms with Gasteiger partial charge in [0.1, 0.15) is 17.6 Å². The summed E-state index contributed by atoms with van der Waals surface area (Å²) in [6.07, 6.45) is 5.72. The first-order valence-electron chi connectivity index (χ1n) is 13.1. The van der Waals surface area contributed by atoms with Crippen LogP contribution < -0.4 is 10.1 Å². The topological polar surface area (TPSA) is 58.6 Å². The van der Waals surface area contributed by atoms with Crippen molar-refractivity contribution >= 4 is 11.8 Å². The first-order chi connectivity index (χ1) is 18.0. The normalized spacial score (nSPS) is 14.5. The maximum absolute atomic E-state index is 13.8. The molecule has 6 heteroatoms. The van der Waals surface area contributed by atoms with E-state index in [-0.39, 0.29) is 36.8 Å². The van der Waals surface area contributed by atoms with Crippen LogP contribution in [0.3, 0.4) is 0 Å². The highest BCUT2D eigenvalue weighted by Crippen LogP contribution is 2.21. The van der Waals surface area contributed by atoms with Crippen molar-refractivity contribution in [3.05, 3.63) is 101 Å². The molecule has 0 bridgehead atoms. The molecule has 1 atom stereocenters. The largest absolute Gasteiger partial charge is 0.484 e. The van der Waals surface area contributed by atoms with Crippen LogP contribution in [0.25, 0.3) is 0 Å². The number of benzene rings is 3. The van der Waals surface area contributed by atoms with E-state index in [4.69, 9.17) is 4.74 Å². The van der Waals surface area contributed by atoms with Gasteiger partial charge in [0.15, 0.2) is 6.61 Å². The Balaban J connectivity index is 1.61. The Morgan fingerprint density at radius 2 is 1.62 bits per heavy atom. The molecule has 4 rings (SSSR count). The minimum absolute atomic E-state index is 0.130. The zero-order valence-corrected chi connectivity index (χ0v) is 21.4. The van der Waals surface area contributed by atoms with Crippen molar-refractivity contribution in [1.82, 2.24) is 10.2 Å². The molecule has 0 saturated heterocycles. The molecule has 37 heavy (non-hydrogen) atoms. The van der Waals surface area contributed by atoms with Crippen LogP contribution in [0.1, 0.15) is 48.8 Å². The molecule has 0 spiro atoms. The van der Waals surface area contributed by atoms with Crippen LogP contribution >= 0.6 is 0 Å². The molecule has 1 unspecified atom stereocenters. The summed E-state index contributed by atoms with van der Waals surface area (Å²) in [5.41, 5.74) is 3.00. The Morgan fingerprint density at radius 1 is 0.946 bits per heavy atom. The number of nitrogens with zero attached hydrogens (tertiary/aromatic N) is 1. The third kappa shape index (κ3) is 7.66. The number of carbonyl (C=O) groups excluding carboxylic acids is 2. The van der Waals surface area contributed by atoms with Gasteiger partial charge in [0.05, 0.1) is 0 Å². The molecule has 5 nitrogen and oxygen atoms in total. The van der Waals surface area contributed by atoms with Crippen LogP contribution in [-0.2, 0) is 22.6 Å². The maximum atomic E-state index is 13.8. The quantitative estimate of drug-likeness (QED) is 0.393. The Hall–Kier alpha value is -3.67. The predicted molar refractivity (Wildman–Crippen MR) is 143 cm³/mol. The van der Waals surface area contributed by atoms with Crippen LogP contribution in [0, 0.1) is 12.7 Å². The Labute approximate surface area is 218 Å². The molecule has 1 aliphatic carbocycles. The van der Waals surface area contributed by atoms with E-state index in [1.165, 1.54) is 30.7 Å². The fraction of sp³-hybridized carbons (Fsp3) is 0.355. The summed E-state index contributed by atoms with van der Waals surface area (Å²) in [6.45, 7) is 2.04. The van der Waals surface area contributed by atoms with E-state index in [0.29, 0.717) is 12.2 Å². The minimum Gasteiger partial charge on any atom is -0.484 e. The summed E-state index contributed by atoms with van der Waals surface area (Å²) in [5, 5.41) is 3.24. The summed E-state index contributed by atoms with van der Waals surface area (Å²) in [7, 11) is 0. The molecule has 1 aliphatic rings. The first-order valence-corrected chi connectivity index (χ1v) is 13.1.